The van der Waals surface area contributed by atoms with Gasteiger partial charge in [-0.2, -0.15) is 5.10 Å². The Kier molecular flexibility index (Phi) is 4.54. The van der Waals surface area contributed by atoms with Crippen molar-refractivity contribution in [2.75, 3.05) is 6.54 Å². The number of imide groups is 1. The number of nitrogens with zero attached hydrogens (tertiary/aromatic N) is 4. The molecule has 0 unspecified atom stereocenters. The monoisotopic (exact) mass is 439 g/mol. The number of fused-ring (bicyclic) bond motifs is 1. The Balaban J connectivity index is 1.31. The van der Waals surface area contributed by atoms with Crippen LogP contribution in [0.15, 0.2) is 48.9 Å². The number of halogens is 2. The van der Waals surface area contributed by atoms with E-state index >= 15 is 0 Å². The van der Waals surface area contributed by atoms with Crippen LogP contribution < -0.4 is 5.32 Å². The minimum Gasteiger partial charge on any atom is -0.323 e. The van der Waals surface area contributed by atoms with E-state index in [2.05, 4.69) is 15.4 Å². The van der Waals surface area contributed by atoms with E-state index in [4.69, 9.17) is 0 Å². The number of alkyl halides is 2. The molecule has 1 spiro atoms. The molecule has 3 amide bonds. The zero-order valence-electron chi connectivity index (χ0n) is 16.9. The number of urea groups is 1. The van der Waals surface area contributed by atoms with Gasteiger partial charge in [0.05, 0.1) is 12.7 Å². The molecule has 32 heavy (non-hydrogen) atoms. The number of hydrogen-bond donors (Lipinski definition) is 1. The molecule has 10 heteroatoms. The van der Waals surface area contributed by atoms with Crippen molar-refractivity contribution in [3.63, 3.8) is 0 Å². The van der Waals surface area contributed by atoms with Crippen LogP contribution >= 0.6 is 0 Å². The first-order valence-corrected chi connectivity index (χ1v) is 10.2. The number of rotatable bonds is 4. The Morgan fingerprint density at radius 2 is 1.81 bits per heavy atom. The van der Waals surface area contributed by atoms with Crippen LogP contribution in [0.25, 0.3) is 16.8 Å². The molecule has 2 aromatic heterocycles. The second-order valence-electron chi connectivity index (χ2n) is 8.21. The fourth-order valence-corrected chi connectivity index (χ4v) is 4.30. The molecule has 1 aliphatic heterocycles. The number of hydrogen-bond acceptors (Lipinski definition) is 5. The summed E-state index contributed by atoms with van der Waals surface area (Å²) in [5, 5.41) is 6.78. The highest BCUT2D eigenvalue weighted by atomic mass is 19.3. The number of carbonyl (C=O) groups is 3. The fourth-order valence-electron chi connectivity index (χ4n) is 4.30. The number of aromatic nitrogens is 3. The van der Waals surface area contributed by atoms with Gasteiger partial charge in [-0.1, -0.05) is 24.3 Å². The van der Waals surface area contributed by atoms with Gasteiger partial charge in [-0.15, -0.1) is 0 Å². The Bertz CT molecular complexity index is 1230. The highest BCUT2D eigenvalue weighted by Gasteiger charge is 2.55. The Hall–Kier alpha value is -3.69. The van der Waals surface area contributed by atoms with Crippen LogP contribution in [0.4, 0.5) is 13.6 Å². The van der Waals surface area contributed by atoms with Gasteiger partial charge in [0.15, 0.2) is 11.4 Å². The first-order valence-electron chi connectivity index (χ1n) is 10.2. The molecule has 3 aromatic rings. The third-order valence-corrected chi connectivity index (χ3v) is 6.18. The van der Waals surface area contributed by atoms with Gasteiger partial charge in [-0.05, 0) is 24.5 Å². The molecule has 1 N–H and O–H groups in total. The van der Waals surface area contributed by atoms with Crippen molar-refractivity contribution < 1.29 is 23.2 Å². The average molecular weight is 439 g/mol. The number of amides is 3. The third-order valence-electron chi connectivity index (χ3n) is 6.18. The molecule has 5 rings (SSSR count). The van der Waals surface area contributed by atoms with E-state index in [0.29, 0.717) is 11.2 Å². The number of benzene rings is 1. The first kappa shape index (κ1) is 20.2. The van der Waals surface area contributed by atoms with E-state index in [-0.39, 0.29) is 12.8 Å². The lowest BCUT2D eigenvalue weighted by Gasteiger charge is -2.34. The van der Waals surface area contributed by atoms with Crippen LogP contribution in [0.2, 0.25) is 0 Å². The largest absolute Gasteiger partial charge is 0.325 e. The molecule has 1 aromatic carbocycles. The molecule has 2 fully saturated rings. The van der Waals surface area contributed by atoms with Gasteiger partial charge in [0.25, 0.3) is 5.91 Å². The molecule has 1 saturated heterocycles. The molecule has 8 nitrogen and oxygen atoms in total. The Morgan fingerprint density at radius 1 is 1.09 bits per heavy atom. The van der Waals surface area contributed by atoms with Crippen molar-refractivity contribution >= 4 is 23.4 Å². The van der Waals surface area contributed by atoms with Gasteiger partial charge in [0, 0.05) is 36.4 Å². The summed E-state index contributed by atoms with van der Waals surface area (Å²) >= 11 is 0. The molecule has 0 atom stereocenters. The standard InChI is InChI=1S/C22H19F2N5O3/c23-22(24)8-6-21(7-9-22)19(31)28(20(32)27-21)13-17(30)15-4-2-14(3-5-15)16-12-26-29-11-1-10-25-18(16)29/h1-5,10-12H,6-9,13H2,(H,27,32). The molecule has 3 heterocycles. The van der Waals surface area contributed by atoms with E-state index < -0.39 is 48.6 Å². The second kappa shape index (κ2) is 7.18. The van der Waals surface area contributed by atoms with Gasteiger partial charge >= 0.3 is 6.03 Å². The van der Waals surface area contributed by atoms with Crippen LogP contribution in [0.5, 0.6) is 0 Å². The first-order chi connectivity index (χ1) is 15.3. The van der Waals surface area contributed by atoms with Crippen LogP contribution in [-0.4, -0.2) is 55.2 Å². The van der Waals surface area contributed by atoms with Crippen molar-refractivity contribution in [2.24, 2.45) is 0 Å². The van der Waals surface area contributed by atoms with Crippen molar-refractivity contribution in [3.8, 4) is 11.1 Å². The second-order valence-corrected chi connectivity index (χ2v) is 8.21. The summed E-state index contributed by atoms with van der Waals surface area (Å²) in [7, 11) is 0. The maximum atomic E-state index is 13.5. The van der Waals surface area contributed by atoms with Gasteiger partial charge < -0.3 is 5.32 Å². The van der Waals surface area contributed by atoms with E-state index in [0.717, 1.165) is 16.0 Å². The molecule has 164 valence electrons. The zero-order chi connectivity index (χ0) is 22.5. The molecular weight excluding hydrogens is 420 g/mol. The van der Waals surface area contributed by atoms with E-state index in [1.165, 1.54) is 0 Å². The number of ketones is 1. The lowest BCUT2D eigenvalue weighted by Crippen LogP contribution is -2.51. The van der Waals surface area contributed by atoms with Crippen molar-refractivity contribution in [1.29, 1.82) is 0 Å². The van der Waals surface area contributed by atoms with Crippen LogP contribution in [0.3, 0.4) is 0 Å². The Labute approximate surface area is 181 Å². The number of Topliss-reactive ketones (excluding diaryl/α,β-unsaturated/α-hetero) is 1. The molecule has 2 aliphatic rings. The predicted molar refractivity (Wildman–Crippen MR) is 109 cm³/mol. The van der Waals surface area contributed by atoms with Gasteiger partial charge in [0.1, 0.15) is 5.54 Å². The van der Waals surface area contributed by atoms with E-state index in [1.54, 1.807) is 53.4 Å². The van der Waals surface area contributed by atoms with Crippen LogP contribution in [0, 0.1) is 0 Å². The minimum atomic E-state index is -2.84. The normalized spacial score (nSPS) is 19.5. The molecule has 1 saturated carbocycles. The highest BCUT2D eigenvalue weighted by molar-refractivity contribution is 6.11. The predicted octanol–water partition coefficient (Wildman–Crippen LogP) is 3.08. The molecule has 0 bridgehead atoms. The maximum absolute atomic E-state index is 13.5. The number of nitrogens with one attached hydrogen (secondary N) is 1. The lowest BCUT2D eigenvalue weighted by atomic mass is 9.80. The average Bonchev–Trinajstić information content (AvgIpc) is 3.31. The van der Waals surface area contributed by atoms with Gasteiger partial charge in [-0.3, -0.25) is 14.5 Å². The smallest absolute Gasteiger partial charge is 0.323 e. The molecule has 1 aliphatic carbocycles. The third kappa shape index (κ3) is 3.31. The maximum Gasteiger partial charge on any atom is 0.325 e. The fraction of sp³-hybridized carbons (Fsp3) is 0.318. The highest BCUT2D eigenvalue weighted by Crippen LogP contribution is 2.41. The summed E-state index contributed by atoms with van der Waals surface area (Å²) < 4.78 is 28.7. The van der Waals surface area contributed by atoms with E-state index in [9.17, 15) is 23.2 Å². The van der Waals surface area contributed by atoms with Gasteiger partial charge in [-0.25, -0.2) is 23.1 Å². The zero-order valence-corrected chi connectivity index (χ0v) is 16.9. The SMILES string of the molecule is O=C(CN1C(=O)NC2(CCC(F)(F)CC2)C1=O)c1ccc(-c2cnn3cccnc23)cc1. The summed E-state index contributed by atoms with van der Waals surface area (Å²) in [5.41, 5.74) is 1.28. The topological polar surface area (TPSA) is 96.7 Å². The summed E-state index contributed by atoms with van der Waals surface area (Å²) in [4.78, 5) is 43.1. The number of carbonyl (C=O) groups excluding carboxylic acids is 3. The Morgan fingerprint density at radius 3 is 2.53 bits per heavy atom. The summed E-state index contributed by atoms with van der Waals surface area (Å²) in [5.74, 6) is -3.87. The van der Waals surface area contributed by atoms with Crippen LogP contribution in [0.1, 0.15) is 36.0 Å². The quantitative estimate of drug-likeness (QED) is 0.498. The molecular formula is C22H19F2N5O3. The summed E-state index contributed by atoms with van der Waals surface area (Å²) in [6.45, 7) is -0.444. The van der Waals surface area contributed by atoms with Crippen molar-refractivity contribution in [1.82, 2.24) is 24.8 Å². The van der Waals surface area contributed by atoms with Gasteiger partial charge in [0.2, 0.25) is 5.92 Å². The summed E-state index contributed by atoms with van der Waals surface area (Å²) in [6, 6.07) is 7.76. The van der Waals surface area contributed by atoms with Crippen molar-refractivity contribution in [2.45, 2.75) is 37.1 Å². The lowest BCUT2D eigenvalue weighted by molar-refractivity contribution is -0.135. The van der Waals surface area contributed by atoms with Crippen LogP contribution in [-0.2, 0) is 4.79 Å². The van der Waals surface area contributed by atoms with Crippen molar-refractivity contribution in [3.05, 3.63) is 54.5 Å². The molecule has 0 radical (unpaired) electrons. The van der Waals surface area contributed by atoms with E-state index in [1.807, 2.05) is 0 Å². The summed E-state index contributed by atoms with van der Waals surface area (Å²) in [6.07, 6.45) is 3.90. The minimum absolute atomic E-state index is 0.141.